The number of aliphatic hydroxyl groups is 11. The summed E-state index contributed by atoms with van der Waals surface area (Å²) in [6, 6.07) is -1.000. The van der Waals surface area contributed by atoms with E-state index in [1.165, 1.54) is 289 Å². The van der Waals surface area contributed by atoms with E-state index in [2.05, 4.69) is 79.9 Å². The van der Waals surface area contributed by atoms with Crippen molar-refractivity contribution in [3.63, 3.8) is 0 Å². The number of amides is 1. The van der Waals surface area contributed by atoms with E-state index in [1.54, 1.807) is 6.08 Å². The van der Waals surface area contributed by atoms with Crippen molar-refractivity contribution in [2.75, 3.05) is 26.4 Å². The average molecular weight is 1590 g/mol. The van der Waals surface area contributed by atoms with E-state index in [9.17, 15) is 61.0 Å². The number of aliphatic hydroxyl groups excluding tert-OH is 11. The lowest BCUT2D eigenvalue weighted by Gasteiger charge is -2.48. The van der Waals surface area contributed by atoms with Crippen LogP contribution in [0.1, 0.15) is 380 Å². The number of ether oxygens (including phenoxy) is 6. The molecule has 0 bridgehead atoms. The Bertz CT molecular complexity index is 2300. The van der Waals surface area contributed by atoms with E-state index in [1.807, 2.05) is 6.08 Å². The molecule has 0 aromatic carbocycles. The first-order valence-electron chi connectivity index (χ1n) is 46.2. The second-order valence-electron chi connectivity index (χ2n) is 32.7. The number of rotatable bonds is 75. The number of allylic oxidation sites excluding steroid dienone is 11. The minimum Gasteiger partial charge on any atom is -0.394 e. The van der Waals surface area contributed by atoms with Gasteiger partial charge in [-0.15, -0.1) is 0 Å². The fourth-order valence-corrected chi connectivity index (χ4v) is 15.4. The molecule has 3 fully saturated rings. The predicted octanol–water partition coefficient (Wildman–Crippen LogP) is 17.9. The molecule has 3 aliphatic heterocycles. The van der Waals surface area contributed by atoms with Gasteiger partial charge < -0.3 is 89.9 Å². The summed E-state index contributed by atoms with van der Waals surface area (Å²) in [6.07, 6.45) is 70.7. The highest BCUT2D eigenvalue weighted by molar-refractivity contribution is 5.76. The van der Waals surface area contributed by atoms with Crippen LogP contribution in [0.25, 0.3) is 0 Å². The third-order valence-electron chi connectivity index (χ3n) is 22.7. The summed E-state index contributed by atoms with van der Waals surface area (Å²) >= 11 is 0. The van der Waals surface area contributed by atoms with Crippen molar-refractivity contribution in [3.8, 4) is 0 Å². The minimum absolute atomic E-state index is 0.233. The predicted molar refractivity (Wildman–Crippen MR) is 452 cm³/mol. The Morgan fingerprint density at radius 1 is 0.321 bits per heavy atom. The molecule has 112 heavy (non-hydrogen) atoms. The summed E-state index contributed by atoms with van der Waals surface area (Å²) in [4.78, 5) is 13.5. The standard InChI is InChI=1S/C93H169NO18/c1-3-5-7-9-11-13-15-17-19-21-23-25-27-29-31-33-34-35-36-37-38-39-40-41-42-43-45-47-49-51-53-55-57-59-61-63-65-67-69-71-81(99)94-76(77(98)70-68-66-64-62-60-58-56-54-52-50-48-46-44-32-30-28-26-24-22-20-18-16-14-12-10-8-6-4-2)75-107-91-87(105)84(102)89(79(73-96)109-91)112-93-88(106)85(103)90(80(74-97)110-93)111-92-86(104)83(101)82(100)78(72-95)108-92/h15,17,21,23,27,29,52,54,60,62,68,70,76-80,82-93,95-98,100-106H,3-14,16,18-20,22,24-26,28,30-51,53,55-59,61,63-67,69,71-75H2,1-2H3,(H,94,99)/b17-15-,23-21-,29-27-,54-52+,62-60+,70-68+. The Kier molecular flexibility index (Phi) is 66.7. The van der Waals surface area contributed by atoms with E-state index in [-0.39, 0.29) is 18.9 Å². The van der Waals surface area contributed by atoms with Gasteiger partial charge in [-0.2, -0.15) is 0 Å². The Morgan fingerprint density at radius 3 is 0.955 bits per heavy atom. The average Bonchev–Trinajstić information content (AvgIpc) is 0.780. The number of hydrogen-bond donors (Lipinski definition) is 12. The van der Waals surface area contributed by atoms with Gasteiger partial charge in [0.05, 0.1) is 38.6 Å². The number of carbonyl (C=O) groups excluding carboxylic acids is 1. The largest absolute Gasteiger partial charge is 0.394 e. The molecule has 654 valence electrons. The van der Waals surface area contributed by atoms with Gasteiger partial charge in [0.25, 0.3) is 0 Å². The highest BCUT2D eigenvalue weighted by Gasteiger charge is 2.54. The molecule has 3 aliphatic rings. The maximum absolute atomic E-state index is 13.5. The fourth-order valence-electron chi connectivity index (χ4n) is 15.4. The van der Waals surface area contributed by atoms with Crippen LogP contribution in [0.5, 0.6) is 0 Å². The summed E-state index contributed by atoms with van der Waals surface area (Å²) in [5.41, 5.74) is 0. The van der Waals surface area contributed by atoms with Crippen LogP contribution in [0.4, 0.5) is 0 Å². The second-order valence-corrected chi connectivity index (χ2v) is 32.7. The van der Waals surface area contributed by atoms with E-state index >= 15 is 0 Å². The highest BCUT2D eigenvalue weighted by atomic mass is 16.8. The first kappa shape index (κ1) is 103. The number of hydrogen-bond acceptors (Lipinski definition) is 18. The van der Waals surface area contributed by atoms with Gasteiger partial charge in [-0.25, -0.2) is 0 Å². The molecule has 19 nitrogen and oxygen atoms in total. The first-order valence-corrected chi connectivity index (χ1v) is 46.2. The van der Waals surface area contributed by atoms with Crippen molar-refractivity contribution in [2.45, 2.75) is 484 Å². The molecule has 0 radical (unpaired) electrons. The topological polar surface area (TPSA) is 307 Å². The lowest BCUT2D eigenvalue weighted by atomic mass is 9.96. The fraction of sp³-hybridized carbons (Fsp3) is 0.860. The molecule has 12 N–H and O–H groups in total. The molecule has 3 saturated heterocycles. The van der Waals surface area contributed by atoms with Gasteiger partial charge in [0.1, 0.15) is 73.2 Å². The van der Waals surface area contributed by atoms with Crippen molar-refractivity contribution in [3.05, 3.63) is 72.9 Å². The van der Waals surface area contributed by atoms with Crippen LogP contribution in [0, 0.1) is 0 Å². The first-order chi connectivity index (χ1) is 54.8. The van der Waals surface area contributed by atoms with Gasteiger partial charge in [-0.3, -0.25) is 4.79 Å². The van der Waals surface area contributed by atoms with Gasteiger partial charge in [-0.1, -0.05) is 363 Å². The SMILES string of the molecule is CCCCCCC/C=C\C/C=C\C/C=C\CCCCCCCCCCCCCCCCCCCCCCCCCCC(=O)NC(COC1OC(CO)C(OC2OC(CO)C(OC3OC(CO)C(O)C(O)C3O)C(O)C2O)C(O)C1O)C(O)/C=C/CC/C=C/CC/C=C/CCCCCCCCCCCCCCCCCCCC. The van der Waals surface area contributed by atoms with Crippen molar-refractivity contribution in [1.82, 2.24) is 5.32 Å². The van der Waals surface area contributed by atoms with Crippen molar-refractivity contribution in [2.24, 2.45) is 0 Å². The Balaban J connectivity index is 1.32. The normalized spacial score (nSPS) is 25.2. The van der Waals surface area contributed by atoms with Crippen molar-refractivity contribution < 1.29 is 89.4 Å². The molecular weight excluding hydrogens is 1420 g/mol. The Labute approximate surface area is 680 Å². The van der Waals surface area contributed by atoms with E-state index in [0.717, 1.165) is 57.8 Å². The van der Waals surface area contributed by atoms with Crippen LogP contribution in [-0.2, 0) is 33.2 Å². The molecule has 3 rings (SSSR count). The van der Waals surface area contributed by atoms with Crippen LogP contribution in [-0.4, -0.2) is 193 Å². The summed E-state index contributed by atoms with van der Waals surface area (Å²) in [6.45, 7) is 1.75. The molecular formula is C93H169NO18. The van der Waals surface area contributed by atoms with Crippen molar-refractivity contribution in [1.29, 1.82) is 0 Å². The van der Waals surface area contributed by atoms with E-state index < -0.39 is 124 Å². The van der Waals surface area contributed by atoms with Gasteiger partial charge in [0, 0.05) is 6.42 Å². The number of nitrogens with one attached hydrogen (secondary N) is 1. The Hall–Kier alpha value is -2.77. The summed E-state index contributed by atoms with van der Waals surface area (Å²) in [5, 5.41) is 121. The van der Waals surface area contributed by atoms with Crippen LogP contribution in [0.2, 0.25) is 0 Å². The third kappa shape index (κ3) is 50.2. The van der Waals surface area contributed by atoms with Gasteiger partial charge in [0.15, 0.2) is 18.9 Å². The second kappa shape index (κ2) is 72.3. The quantitative estimate of drug-likeness (QED) is 0.0199. The molecule has 0 aromatic rings. The number of unbranched alkanes of at least 4 members (excludes halogenated alkanes) is 49. The number of carbonyl (C=O) groups is 1. The minimum atomic E-state index is -1.99. The van der Waals surface area contributed by atoms with Crippen molar-refractivity contribution >= 4 is 5.91 Å². The van der Waals surface area contributed by atoms with Gasteiger partial charge >= 0.3 is 0 Å². The van der Waals surface area contributed by atoms with Crippen LogP contribution < -0.4 is 5.32 Å². The molecule has 0 aliphatic carbocycles. The molecule has 1 amide bonds. The molecule has 19 heteroatoms. The van der Waals surface area contributed by atoms with E-state index in [0.29, 0.717) is 12.8 Å². The smallest absolute Gasteiger partial charge is 0.220 e. The monoisotopic (exact) mass is 1590 g/mol. The van der Waals surface area contributed by atoms with E-state index in [4.69, 9.17) is 28.4 Å². The van der Waals surface area contributed by atoms with Crippen LogP contribution >= 0.6 is 0 Å². The van der Waals surface area contributed by atoms with Gasteiger partial charge in [-0.05, 0) is 83.5 Å². The van der Waals surface area contributed by atoms with Crippen LogP contribution in [0.15, 0.2) is 72.9 Å². The zero-order valence-electron chi connectivity index (χ0n) is 70.7. The van der Waals surface area contributed by atoms with Gasteiger partial charge in [0.2, 0.25) is 5.91 Å². The summed E-state index contributed by atoms with van der Waals surface area (Å²) in [5.74, 6) is -0.284. The molecule has 17 atom stereocenters. The summed E-state index contributed by atoms with van der Waals surface area (Å²) < 4.78 is 34.5. The zero-order valence-corrected chi connectivity index (χ0v) is 70.7. The highest BCUT2D eigenvalue weighted by Crippen LogP contribution is 2.34. The zero-order chi connectivity index (χ0) is 81.0. The molecule has 0 spiro atoms. The third-order valence-corrected chi connectivity index (χ3v) is 22.7. The maximum atomic E-state index is 13.5. The summed E-state index contributed by atoms with van der Waals surface area (Å²) in [7, 11) is 0. The molecule has 0 saturated carbocycles. The maximum Gasteiger partial charge on any atom is 0.220 e. The Morgan fingerprint density at radius 2 is 0.598 bits per heavy atom. The molecule has 17 unspecified atom stereocenters. The molecule has 0 aromatic heterocycles. The lowest BCUT2D eigenvalue weighted by Crippen LogP contribution is -2.66. The lowest BCUT2D eigenvalue weighted by molar-refractivity contribution is -0.379. The van der Waals surface area contributed by atoms with Crippen LogP contribution in [0.3, 0.4) is 0 Å². The molecule has 3 heterocycles.